The van der Waals surface area contributed by atoms with Gasteiger partial charge in [0.1, 0.15) is 5.75 Å². The number of aromatic hydroxyl groups is 1. The van der Waals surface area contributed by atoms with Gasteiger partial charge in [0.2, 0.25) is 0 Å². The molecule has 92 valence electrons. The summed E-state index contributed by atoms with van der Waals surface area (Å²) >= 11 is 5.69. The average molecular weight is 280 g/mol. The molecule has 0 aliphatic rings. The summed E-state index contributed by atoms with van der Waals surface area (Å²) in [6, 6.07) is 4.12. The van der Waals surface area contributed by atoms with Crippen molar-refractivity contribution in [2.75, 3.05) is 6.54 Å². The number of hydrogen-bond donors (Lipinski definition) is 2. The van der Waals surface area contributed by atoms with Gasteiger partial charge in [-0.15, -0.1) is 0 Å². The molecule has 1 rings (SSSR count). The van der Waals surface area contributed by atoms with Gasteiger partial charge in [-0.2, -0.15) is 0 Å². The van der Waals surface area contributed by atoms with Crippen molar-refractivity contribution in [3.8, 4) is 5.75 Å². The molecule has 0 saturated carbocycles. The van der Waals surface area contributed by atoms with Crippen LogP contribution in [0, 0.1) is 0 Å². The second-order valence-electron chi connectivity index (χ2n) is 3.39. The number of benzene rings is 1. The van der Waals surface area contributed by atoms with Gasteiger partial charge in [-0.3, -0.25) is 4.79 Å². The van der Waals surface area contributed by atoms with E-state index >= 15 is 0 Å². The quantitative estimate of drug-likeness (QED) is 0.454. The number of aliphatic carboxylic acids is 1. The van der Waals surface area contributed by atoms with Gasteiger partial charge >= 0.3 is 29.6 Å². The van der Waals surface area contributed by atoms with E-state index in [1.807, 2.05) is 0 Å². The Balaban J connectivity index is 0.00000289. The summed E-state index contributed by atoms with van der Waals surface area (Å²) in [5.74, 6) is -1.83. The smallest absolute Gasteiger partial charge is 0.550 e. The number of hydrogen-bond acceptors (Lipinski definition) is 4. The summed E-state index contributed by atoms with van der Waals surface area (Å²) in [5, 5.41) is 22.4. The number of carboxylic acids is 1. The molecule has 1 aromatic rings. The number of carboxylic acid groups (broad SMARTS) is 1. The van der Waals surface area contributed by atoms with Crippen molar-refractivity contribution in [2.24, 2.45) is 0 Å². The van der Waals surface area contributed by atoms with Crippen molar-refractivity contribution in [1.82, 2.24) is 5.32 Å². The first kappa shape index (κ1) is 17.2. The molecule has 0 bridgehead atoms. The Bertz CT molecular complexity index is 439. The molecule has 0 spiro atoms. The summed E-state index contributed by atoms with van der Waals surface area (Å²) in [6.45, 7) is 0.193. The second kappa shape index (κ2) is 8.37. The largest absolute Gasteiger partial charge is 1.00 e. The number of phenols is 1. The third-order valence-electron chi connectivity index (χ3n) is 2.05. The summed E-state index contributed by atoms with van der Waals surface area (Å²) in [4.78, 5) is 21.7. The SMILES string of the molecule is O=C([O-])CCCNC(=O)c1cc(Cl)ccc1O.[Na+]. The number of halogens is 1. The van der Waals surface area contributed by atoms with Gasteiger partial charge in [0.25, 0.3) is 5.91 Å². The van der Waals surface area contributed by atoms with Crippen molar-refractivity contribution in [3.63, 3.8) is 0 Å². The number of amides is 1. The Morgan fingerprint density at radius 2 is 2.06 bits per heavy atom. The zero-order valence-electron chi connectivity index (χ0n) is 9.90. The molecular weight excluding hydrogens is 269 g/mol. The molecular formula is C11H11ClNNaO4. The van der Waals surface area contributed by atoms with Gasteiger partial charge in [0, 0.05) is 17.5 Å². The number of nitrogens with one attached hydrogen (secondary N) is 1. The summed E-state index contributed by atoms with van der Waals surface area (Å²) in [5.41, 5.74) is 0.0611. The van der Waals surface area contributed by atoms with Crippen LogP contribution in [0.4, 0.5) is 0 Å². The Morgan fingerprint density at radius 3 is 2.67 bits per heavy atom. The summed E-state index contributed by atoms with van der Waals surface area (Å²) in [7, 11) is 0. The standard InChI is InChI=1S/C11H12ClNO4.Na/c12-7-3-4-9(14)8(6-7)11(17)13-5-1-2-10(15)16;/h3-4,6,14H,1-2,5H2,(H,13,17)(H,15,16);/q;+1/p-1. The van der Waals surface area contributed by atoms with Crippen LogP contribution in [0.2, 0.25) is 5.02 Å². The summed E-state index contributed by atoms with van der Waals surface area (Å²) < 4.78 is 0. The molecule has 0 aromatic heterocycles. The Labute approximate surface area is 131 Å². The Hall–Kier alpha value is -0.750. The van der Waals surface area contributed by atoms with E-state index in [2.05, 4.69) is 5.32 Å². The van der Waals surface area contributed by atoms with Gasteiger partial charge in [-0.25, -0.2) is 0 Å². The number of carbonyl (C=O) groups excluding carboxylic acids is 2. The van der Waals surface area contributed by atoms with E-state index in [1.165, 1.54) is 18.2 Å². The van der Waals surface area contributed by atoms with E-state index in [1.54, 1.807) is 0 Å². The van der Waals surface area contributed by atoms with Crippen molar-refractivity contribution >= 4 is 23.5 Å². The molecule has 1 amide bonds. The van der Waals surface area contributed by atoms with Crippen molar-refractivity contribution in [1.29, 1.82) is 0 Å². The van der Waals surface area contributed by atoms with Crippen LogP contribution in [0.5, 0.6) is 5.75 Å². The number of carbonyl (C=O) groups is 2. The fourth-order valence-electron chi connectivity index (χ4n) is 1.22. The molecule has 5 nitrogen and oxygen atoms in total. The molecule has 0 unspecified atom stereocenters. The zero-order valence-corrected chi connectivity index (χ0v) is 12.7. The van der Waals surface area contributed by atoms with E-state index in [-0.39, 0.29) is 60.3 Å². The van der Waals surface area contributed by atoms with Gasteiger partial charge in [0.15, 0.2) is 0 Å². The number of rotatable bonds is 5. The van der Waals surface area contributed by atoms with Crippen LogP contribution in [-0.4, -0.2) is 23.5 Å². The Morgan fingerprint density at radius 1 is 1.39 bits per heavy atom. The summed E-state index contributed by atoms with van der Waals surface area (Å²) in [6.07, 6.45) is 0.150. The third-order valence-corrected chi connectivity index (χ3v) is 2.28. The molecule has 2 N–H and O–H groups in total. The molecule has 0 radical (unpaired) electrons. The molecule has 0 fully saturated rings. The van der Waals surface area contributed by atoms with Gasteiger partial charge in [-0.05, 0) is 31.0 Å². The normalized spacial score (nSPS) is 9.39. The van der Waals surface area contributed by atoms with E-state index in [4.69, 9.17) is 11.6 Å². The molecule has 7 heteroatoms. The molecule has 1 aromatic carbocycles. The first-order valence-corrected chi connectivity index (χ1v) is 5.35. The van der Waals surface area contributed by atoms with E-state index in [0.29, 0.717) is 5.02 Å². The predicted molar refractivity (Wildman–Crippen MR) is 59.7 cm³/mol. The molecule has 0 saturated heterocycles. The van der Waals surface area contributed by atoms with Gasteiger partial charge in [0.05, 0.1) is 5.56 Å². The third kappa shape index (κ3) is 5.73. The maximum Gasteiger partial charge on any atom is 1.00 e. The van der Waals surface area contributed by atoms with Crippen LogP contribution in [0.3, 0.4) is 0 Å². The molecule has 0 aliphatic carbocycles. The fraction of sp³-hybridized carbons (Fsp3) is 0.273. The molecule has 0 heterocycles. The van der Waals surface area contributed by atoms with Crippen LogP contribution in [0.15, 0.2) is 18.2 Å². The zero-order chi connectivity index (χ0) is 12.8. The van der Waals surface area contributed by atoms with Crippen LogP contribution < -0.4 is 40.0 Å². The fourth-order valence-corrected chi connectivity index (χ4v) is 1.39. The van der Waals surface area contributed by atoms with E-state index < -0.39 is 11.9 Å². The topological polar surface area (TPSA) is 89.5 Å². The average Bonchev–Trinajstić information content (AvgIpc) is 2.27. The Kier molecular flexibility index (Phi) is 8.02. The van der Waals surface area contributed by atoms with Crippen molar-refractivity contribution in [2.45, 2.75) is 12.8 Å². The van der Waals surface area contributed by atoms with Gasteiger partial charge in [-0.1, -0.05) is 11.6 Å². The van der Waals surface area contributed by atoms with Crippen LogP contribution >= 0.6 is 11.6 Å². The number of phenolic OH excluding ortho intramolecular Hbond substituents is 1. The minimum atomic E-state index is -1.16. The maximum absolute atomic E-state index is 11.6. The molecule has 18 heavy (non-hydrogen) atoms. The molecule has 0 aliphatic heterocycles. The maximum atomic E-state index is 11.6. The van der Waals surface area contributed by atoms with Crippen molar-refractivity contribution < 1.29 is 49.4 Å². The van der Waals surface area contributed by atoms with Crippen molar-refractivity contribution in [3.05, 3.63) is 28.8 Å². The predicted octanol–water partition coefficient (Wildman–Crippen LogP) is -2.69. The first-order chi connectivity index (χ1) is 8.00. The van der Waals surface area contributed by atoms with Crippen LogP contribution in [0.25, 0.3) is 0 Å². The van der Waals surface area contributed by atoms with E-state index in [9.17, 15) is 19.8 Å². The molecule has 0 atom stereocenters. The minimum Gasteiger partial charge on any atom is -0.550 e. The van der Waals surface area contributed by atoms with Crippen LogP contribution in [0.1, 0.15) is 23.2 Å². The van der Waals surface area contributed by atoms with Gasteiger partial charge < -0.3 is 20.3 Å². The van der Waals surface area contributed by atoms with E-state index in [0.717, 1.165) is 0 Å². The minimum absolute atomic E-state index is 0. The van der Waals surface area contributed by atoms with Crippen LogP contribution in [-0.2, 0) is 4.79 Å². The first-order valence-electron chi connectivity index (χ1n) is 4.97. The monoisotopic (exact) mass is 279 g/mol. The second-order valence-corrected chi connectivity index (χ2v) is 3.83.